The van der Waals surface area contributed by atoms with Crippen LogP contribution in [0.5, 0.6) is 5.75 Å². The van der Waals surface area contributed by atoms with Crippen LogP contribution in [0.15, 0.2) is 53.4 Å². The molecule has 3 nitrogen and oxygen atoms in total. The number of ether oxygens (including phenoxy) is 1. The lowest BCUT2D eigenvalue weighted by molar-refractivity contribution is 0.315. The molecule has 0 amide bonds. The van der Waals surface area contributed by atoms with Crippen molar-refractivity contribution >= 4 is 10.8 Å². The van der Waals surface area contributed by atoms with Crippen molar-refractivity contribution in [2.45, 2.75) is 24.8 Å². The van der Waals surface area contributed by atoms with Gasteiger partial charge in [-0.1, -0.05) is 30.3 Å². The molecule has 0 aliphatic carbocycles. The van der Waals surface area contributed by atoms with E-state index in [4.69, 9.17) is 10.5 Å². The fourth-order valence-corrected chi connectivity index (χ4v) is 3.22. The summed E-state index contributed by atoms with van der Waals surface area (Å²) in [5, 5.41) is 0. The Balaban J connectivity index is 1.81. The highest BCUT2D eigenvalue weighted by molar-refractivity contribution is 7.85. The highest BCUT2D eigenvalue weighted by atomic mass is 32.2. The summed E-state index contributed by atoms with van der Waals surface area (Å²) in [5.41, 5.74) is 7.80. The Morgan fingerprint density at radius 2 is 1.95 bits per heavy atom. The van der Waals surface area contributed by atoms with E-state index in [9.17, 15) is 4.21 Å². The summed E-state index contributed by atoms with van der Waals surface area (Å²) in [6, 6.07) is 15.6. The summed E-state index contributed by atoms with van der Waals surface area (Å²) in [7, 11) is -0.963. The van der Waals surface area contributed by atoms with Gasteiger partial charge in [0.25, 0.3) is 0 Å². The second-order valence-corrected chi connectivity index (χ2v) is 6.45. The molecule has 0 spiro atoms. The summed E-state index contributed by atoms with van der Waals surface area (Å²) in [5.74, 6) is 1.43. The smallest absolute Gasteiger partial charge is 0.123 e. The van der Waals surface area contributed by atoms with Gasteiger partial charge in [0.15, 0.2) is 0 Å². The lowest BCUT2D eigenvalue weighted by Crippen LogP contribution is -2.07. The van der Waals surface area contributed by atoms with E-state index in [0.717, 1.165) is 28.2 Å². The van der Waals surface area contributed by atoms with Gasteiger partial charge in [0, 0.05) is 22.8 Å². The minimum absolute atomic E-state index is 0.464. The van der Waals surface area contributed by atoms with Gasteiger partial charge in [-0.2, -0.15) is 0 Å². The lowest BCUT2D eigenvalue weighted by Gasteiger charge is -2.10. The van der Waals surface area contributed by atoms with Crippen molar-refractivity contribution in [1.82, 2.24) is 0 Å². The molecule has 0 bridgehead atoms. The quantitative estimate of drug-likeness (QED) is 0.800. The second kappa shape index (κ2) is 7.96. The molecular weight excluding hydrogens is 282 g/mol. The number of rotatable bonds is 7. The molecule has 2 aromatic carbocycles. The van der Waals surface area contributed by atoms with E-state index in [-0.39, 0.29) is 0 Å². The van der Waals surface area contributed by atoms with Crippen LogP contribution in [-0.4, -0.2) is 16.6 Å². The third-order valence-corrected chi connectivity index (χ3v) is 4.62. The Bertz CT molecular complexity index is 613. The highest BCUT2D eigenvalue weighted by Gasteiger charge is 2.05. The second-order valence-electron chi connectivity index (χ2n) is 4.88. The van der Waals surface area contributed by atoms with Gasteiger partial charge in [0.2, 0.25) is 0 Å². The van der Waals surface area contributed by atoms with Crippen LogP contribution < -0.4 is 10.5 Å². The highest BCUT2D eigenvalue weighted by Crippen LogP contribution is 2.17. The van der Waals surface area contributed by atoms with Gasteiger partial charge in [-0.15, -0.1) is 0 Å². The molecule has 0 aromatic heterocycles. The molecule has 2 rings (SSSR count). The molecule has 2 aromatic rings. The third kappa shape index (κ3) is 4.69. The zero-order valence-corrected chi connectivity index (χ0v) is 13.1. The Morgan fingerprint density at radius 1 is 1.14 bits per heavy atom. The molecule has 0 fully saturated rings. The molecule has 0 saturated heterocycles. The first-order valence-corrected chi connectivity index (χ1v) is 8.38. The maximum Gasteiger partial charge on any atom is 0.123 e. The minimum atomic E-state index is -0.963. The first-order chi connectivity index (χ1) is 10.2. The van der Waals surface area contributed by atoms with Crippen molar-refractivity contribution in [1.29, 1.82) is 0 Å². The van der Waals surface area contributed by atoms with Gasteiger partial charge in [0.05, 0.1) is 17.4 Å². The van der Waals surface area contributed by atoms with Crippen molar-refractivity contribution in [3.63, 3.8) is 0 Å². The molecule has 0 heterocycles. The molecule has 0 aliphatic heterocycles. The summed E-state index contributed by atoms with van der Waals surface area (Å²) < 4.78 is 17.9. The lowest BCUT2D eigenvalue weighted by atomic mass is 10.2. The van der Waals surface area contributed by atoms with Crippen molar-refractivity contribution in [3.05, 3.63) is 59.7 Å². The zero-order chi connectivity index (χ0) is 15.1. The van der Waals surface area contributed by atoms with E-state index >= 15 is 0 Å². The number of para-hydroxylation sites is 1. The predicted octanol–water partition coefficient (Wildman–Crippen LogP) is 3.03. The van der Waals surface area contributed by atoms with Crippen molar-refractivity contribution in [2.75, 3.05) is 12.4 Å². The summed E-state index contributed by atoms with van der Waals surface area (Å²) in [6.07, 6.45) is 0.749. The molecule has 112 valence electrons. The summed E-state index contributed by atoms with van der Waals surface area (Å²) in [4.78, 5) is 0.886. The largest absolute Gasteiger partial charge is 0.493 e. The number of nitrogens with two attached hydrogens (primary N) is 1. The fourth-order valence-electron chi connectivity index (χ4n) is 2.06. The monoisotopic (exact) mass is 303 g/mol. The fraction of sp³-hybridized carbons (Fsp3) is 0.294. The normalized spacial score (nSPS) is 12.1. The van der Waals surface area contributed by atoms with E-state index < -0.39 is 10.8 Å². The first kappa shape index (κ1) is 15.7. The number of aryl methyl sites for hydroxylation is 1. The van der Waals surface area contributed by atoms with Crippen LogP contribution in [0.4, 0.5) is 0 Å². The van der Waals surface area contributed by atoms with Gasteiger partial charge < -0.3 is 10.5 Å². The minimum Gasteiger partial charge on any atom is -0.493 e. The van der Waals surface area contributed by atoms with E-state index in [1.165, 1.54) is 0 Å². The van der Waals surface area contributed by atoms with E-state index in [2.05, 4.69) is 0 Å². The van der Waals surface area contributed by atoms with Crippen LogP contribution in [0.25, 0.3) is 0 Å². The van der Waals surface area contributed by atoms with Crippen LogP contribution >= 0.6 is 0 Å². The topological polar surface area (TPSA) is 52.3 Å². The molecule has 0 saturated carbocycles. The van der Waals surface area contributed by atoms with Gasteiger partial charge in [-0.05, 0) is 37.1 Å². The summed E-state index contributed by atoms with van der Waals surface area (Å²) in [6.45, 7) is 3.02. The number of benzene rings is 2. The van der Waals surface area contributed by atoms with Gasteiger partial charge in [-0.3, -0.25) is 4.21 Å². The predicted molar refractivity (Wildman–Crippen MR) is 86.9 cm³/mol. The SMILES string of the molecule is Cc1cccc(S(=O)CCCOc2ccccc2CN)c1. The molecule has 1 unspecified atom stereocenters. The molecule has 21 heavy (non-hydrogen) atoms. The average molecular weight is 303 g/mol. The number of hydrogen-bond acceptors (Lipinski definition) is 3. The van der Waals surface area contributed by atoms with Crippen LogP contribution in [0, 0.1) is 6.92 Å². The standard InChI is InChI=1S/C17H21NO2S/c1-14-6-4-8-16(12-14)21(19)11-5-10-20-17-9-3-2-7-15(17)13-18/h2-4,6-9,12H,5,10-11,13,18H2,1H3. The van der Waals surface area contributed by atoms with Crippen LogP contribution in [0.2, 0.25) is 0 Å². The Morgan fingerprint density at radius 3 is 2.71 bits per heavy atom. The van der Waals surface area contributed by atoms with Crippen molar-refractivity contribution < 1.29 is 8.95 Å². The molecule has 2 N–H and O–H groups in total. The molecule has 0 aliphatic rings. The van der Waals surface area contributed by atoms with Crippen molar-refractivity contribution in [3.8, 4) is 5.75 Å². The van der Waals surface area contributed by atoms with Gasteiger partial charge in [-0.25, -0.2) is 0 Å². The van der Waals surface area contributed by atoms with Gasteiger partial charge >= 0.3 is 0 Å². The third-order valence-electron chi connectivity index (χ3n) is 3.18. The Kier molecular flexibility index (Phi) is 5.96. The van der Waals surface area contributed by atoms with Crippen LogP contribution in [0.3, 0.4) is 0 Å². The Labute approximate surface area is 128 Å². The molecule has 0 radical (unpaired) electrons. The van der Waals surface area contributed by atoms with E-state index in [0.29, 0.717) is 18.9 Å². The maximum atomic E-state index is 12.2. The molecular formula is C17H21NO2S. The molecule has 1 atom stereocenters. The van der Waals surface area contributed by atoms with Gasteiger partial charge in [0.1, 0.15) is 5.75 Å². The van der Waals surface area contributed by atoms with Crippen molar-refractivity contribution in [2.24, 2.45) is 5.73 Å². The zero-order valence-electron chi connectivity index (χ0n) is 12.2. The van der Waals surface area contributed by atoms with E-state index in [1.54, 1.807) is 0 Å². The average Bonchev–Trinajstić information content (AvgIpc) is 2.51. The van der Waals surface area contributed by atoms with Crippen LogP contribution in [0.1, 0.15) is 17.5 Å². The Hall–Kier alpha value is -1.65. The maximum absolute atomic E-state index is 12.2. The van der Waals surface area contributed by atoms with E-state index in [1.807, 2.05) is 55.5 Å². The van der Waals surface area contributed by atoms with Crippen LogP contribution in [-0.2, 0) is 17.3 Å². The number of hydrogen-bond donors (Lipinski definition) is 1. The summed E-state index contributed by atoms with van der Waals surface area (Å²) >= 11 is 0. The molecule has 4 heteroatoms. The first-order valence-electron chi connectivity index (χ1n) is 7.06.